The first-order chi connectivity index (χ1) is 18.4. The number of hydrogen-bond acceptors (Lipinski definition) is 5. The Bertz CT molecular complexity index is 1480. The van der Waals surface area contributed by atoms with Crippen molar-refractivity contribution in [3.8, 4) is 17.0 Å². The molecule has 8 heteroatoms. The molecule has 1 fully saturated rings. The largest absolute Gasteiger partial charge is 0.494 e. The zero-order valence-corrected chi connectivity index (χ0v) is 22.0. The fraction of sp³-hybridized carbons (Fsp3) is 0.233. The Morgan fingerprint density at radius 3 is 2.55 bits per heavy atom. The molecule has 0 spiro atoms. The third kappa shape index (κ3) is 5.92. The van der Waals surface area contributed by atoms with Crippen molar-refractivity contribution in [1.82, 2.24) is 15.6 Å². The summed E-state index contributed by atoms with van der Waals surface area (Å²) in [5.74, 6) is -0.766. The highest BCUT2D eigenvalue weighted by Crippen LogP contribution is 2.32. The van der Waals surface area contributed by atoms with Crippen LogP contribution in [-0.2, 0) is 13.0 Å². The minimum Gasteiger partial charge on any atom is -0.494 e. The zero-order chi connectivity index (χ0) is 26.6. The van der Waals surface area contributed by atoms with E-state index in [0.29, 0.717) is 39.7 Å². The molecule has 4 aromatic rings. The van der Waals surface area contributed by atoms with Gasteiger partial charge in [0, 0.05) is 30.1 Å². The van der Waals surface area contributed by atoms with Crippen molar-refractivity contribution < 1.29 is 18.7 Å². The van der Waals surface area contributed by atoms with E-state index in [9.17, 15) is 14.0 Å². The molecule has 194 valence electrons. The first kappa shape index (κ1) is 25.6. The number of nitrogens with zero attached hydrogens (tertiary/aromatic N) is 1. The number of thiazole rings is 1. The summed E-state index contributed by atoms with van der Waals surface area (Å²) >= 11 is 1.27. The highest BCUT2D eigenvalue weighted by Gasteiger charge is 2.25. The molecule has 38 heavy (non-hydrogen) atoms. The van der Waals surface area contributed by atoms with Crippen LogP contribution in [0.2, 0.25) is 0 Å². The van der Waals surface area contributed by atoms with E-state index in [4.69, 9.17) is 9.72 Å². The molecule has 3 aromatic carbocycles. The lowest BCUT2D eigenvalue weighted by molar-refractivity contribution is 0.0944. The quantitative estimate of drug-likeness (QED) is 0.292. The number of hydrogen-bond donors (Lipinski definition) is 2. The normalized spacial score (nSPS) is 12.7. The Balaban J connectivity index is 1.45. The molecule has 0 unspecified atom stereocenters. The van der Waals surface area contributed by atoms with Gasteiger partial charge in [0.15, 0.2) is 11.6 Å². The van der Waals surface area contributed by atoms with Crippen LogP contribution < -0.4 is 15.4 Å². The molecule has 5 rings (SSSR count). The van der Waals surface area contributed by atoms with E-state index in [1.807, 2.05) is 55.5 Å². The van der Waals surface area contributed by atoms with Gasteiger partial charge in [0.2, 0.25) is 0 Å². The molecule has 0 radical (unpaired) electrons. The minimum absolute atomic E-state index is 0.0803. The summed E-state index contributed by atoms with van der Waals surface area (Å²) in [6.07, 6.45) is 2.49. The number of carbonyl (C=O) groups is 2. The Labute approximate surface area is 224 Å². The van der Waals surface area contributed by atoms with E-state index >= 15 is 0 Å². The maximum absolute atomic E-state index is 14.6. The van der Waals surface area contributed by atoms with Crippen molar-refractivity contribution >= 4 is 23.2 Å². The Morgan fingerprint density at radius 2 is 1.84 bits per heavy atom. The van der Waals surface area contributed by atoms with Gasteiger partial charge in [0.05, 0.1) is 17.8 Å². The van der Waals surface area contributed by atoms with Gasteiger partial charge < -0.3 is 15.4 Å². The molecule has 0 atom stereocenters. The second-order valence-corrected chi connectivity index (χ2v) is 10.5. The van der Waals surface area contributed by atoms with Crippen molar-refractivity contribution in [1.29, 1.82) is 0 Å². The molecule has 1 heterocycles. The van der Waals surface area contributed by atoms with Gasteiger partial charge in [-0.2, -0.15) is 0 Å². The second-order valence-electron chi connectivity index (χ2n) is 9.37. The van der Waals surface area contributed by atoms with Crippen LogP contribution >= 0.6 is 11.3 Å². The molecule has 1 aliphatic rings. The molecule has 2 N–H and O–H groups in total. The smallest absolute Gasteiger partial charge is 0.263 e. The molecule has 6 nitrogen and oxygen atoms in total. The predicted octanol–water partition coefficient (Wildman–Crippen LogP) is 5.68. The number of aryl methyl sites for hydroxylation is 1. The van der Waals surface area contributed by atoms with Gasteiger partial charge in [0.1, 0.15) is 4.88 Å². The van der Waals surface area contributed by atoms with Crippen LogP contribution in [0.1, 0.15) is 54.6 Å². The number of rotatable bonds is 9. The summed E-state index contributed by atoms with van der Waals surface area (Å²) in [4.78, 5) is 31.1. The number of ether oxygens (including phenoxy) is 1. The summed E-state index contributed by atoms with van der Waals surface area (Å²) in [7, 11) is 1.41. The zero-order valence-electron chi connectivity index (χ0n) is 21.2. The van der Waals surface area contributed by atoms with Gasteiger partial charge >= 0.3 is 0 Å². The van der Waals surface area contributed by atoms with Crippen molar-refractivity contribution in [2.24, 2.45) is 0 Å². The average molecular weight is 530 g/mol. The lowest BCUT2D eigenvalue weighted by atomic mass is 10.0. The summed E-state index contributed by atoms with van der Waals surface area (Å²) in [5.41, 5.74) is 4.45. The SMILES string of the molecule is COc1ccc(-c2nc(Cc3cc(C(=O)NC4CC4)ccc3C)sc2C(=O)NCc2ccccc2)cc1F. The summed E-state index contributed by atoms with van der Waals surface area (Å²) in [6.45, 7) is 2.35. The number of methoxy groups -OCH3 is 1. The number of aromatic nitrogens is 1. The van der Waals surface area contributed by atoms with Crippen LogP contribution in [0.5, 0.6) is 5.75 Å². The van der Waals surface area contributed by atoms with Crippen LogP contribution in [0, 0.1) is 12.7 Å². The lowest BCUT2D eigenvalue weighted by Crippen LogP contribution is -2.25. The van der Waals surface area contributed by atoms with Crippen molar-refractivity contribution in [3.63, 3.8) is 0 Å². The molecule has 0 saturated heterocycles. The number of benzene rings is 3. The first-order valence-electron chi connectivity index (χ1n) is 12.5. The third-order valence-electron chi connectivity index (χ3n) is 6.46. The standard InChI is InChI=1S/C30H28FN3O3S/c1-18-8-9-21(29(35)33-23-11-12-23)14-22(18)16-26-34-27(20-10-13-25(37-2)24(31)15-20)28(38-26)30(36)32-17-19-6-4-3-5-7-19/h3-10,13-15,23H,11-12,16-17H2,1-2H3,(H,32,36)(H,33,35). The topological polar surface area (TPSA) is 80.3 Å². The predicted molar refractivity (Wildman–Crippen MR) is 146 cm³/mol. The number of amides is 2. The van der Waals surface area contributed by atoms with E-state index in [1.165, 1.54) is 30.6 Å². The summed E-state index contributed by atoms with van der Waals surface area (Å²) in [6, 6.07) is 20.1. The van der Waals surface area contributed by atoms with Crippen LogP contribution in [0.4, 0.5) is 4.39 Å². The maximum Gasteiger partial charge on any atom is 0.263 e. The number of nitrogens with one attached hydrogen (secondary N) is 2. The van der Waals surface area contributed by atoms with Gasteiger partial charge in [-0.1, -0.05) is 36.4 Å². The Morgan fingerprint density at radius 1 is 1.05 bits per heavy atom. The monoisotopic (exact) mass is 529 g/mol. The van der Waals surface area contributed by atoms with Gasteiger partial charge in [0.25, 0.3) is 11.8 Å². The molecule has 1 saturated carbocycles. The summed E-state index contributed by atoms with van der Waals surface area (Å²) in [5, 5.41) is 6.68. The second kappa shape index (κ2) is 11.1. The van der Waals surface area contributed by atoms with E-state index in [-0.39, 0.29) is 23.6 Å². The van der Waals surface area contributed by atoms with E-state index in [2.05, 4.69) is 10.6 Å². The average Bonchev–Trinajstić information content (AvgIpc) is 3.64. The van der Waals surface area contributed by atoms with Crippen molar-refractivity contribution in [2.75, 3.05) is 7.11 Å². The fourth-order valence-corrected chi connectivity index (χ4v) is 5.15. The highest BCUT2D eigenvalue weighted by atomic mass is 32.1. The van der Waals surface area contributed by atoms with Gasteiger partial charge in [-0.15, -0.1) is 11.3 Å². The Kier molecular flexibility index (Phi) is 7.51. The van der Waals surface area contributed by atoms with Crippen LogP contribution in [0.15, 0.2) is 66.7 Å². The Hall–Kier alpha value is -4.04. The van der Waals surface area contributed by atoms with E-state index < -0.39 is 5.82 Å². The lowest BCUT2D eigenvalue weighted by Gasteiger charge is -2.08. The maximum atomic E-state index is 14.6. The molecule has 1 aromatic heterocycles. The first-order valence-corrected chi connectivity index (χ1v) is 13.3. The molecule has 0 bridgehead atoms. The van der Waals surface area contributed by atoms with Gasteiger partial charge in [-0.05, 0) is 66.8 Å². The van der Waals surface area contributed by atoms with Crippen LogP contribution in [-0.4, -0.2) is 29.9 Å². The molecule has 0 aliphatic heterocycles. The molecular weight excluding hydrogens is 501 g/mol. The van der Waals surface area contributed by atoms with Crippen LogP contribution in [0.3, 0.4) is 0 Å². The third-order valence-corrected chi connectivity index (χ3v) is 7.52. The molecule has 1 aliphatic carbocycles. The van der Waals surface area contributed by atoms with E-state index in [0.717, 1.165) is 29.5 Å². The summed E-state index contributed by atoms with van der Waals surface area (Å²) < 4.78 is 19.6. The van der Waals surface area contributed by atoms with Gasteiger partial charge in [-0.25, -0.2) is 9.37 Å². The van der Waals surface area contributed by atoms with E-state index in [1.54, 1.807) is 6.07 Å². The van der Waals surface area contributed by atoms with Crippen molar-refractivity contribution in [3.05, 3.63) is 105 Å². The number of halogens is 1. The minimum atomic E-state index is -0.527. The highest BCUT2D eigenvalue weighted by molar-refractivity contribution is 7.14. The van der Waals surface area contributed by atoms with Gasteiger partial charge in [-0.3, -0.25) is 9.59 Å². The van der Waals surface area contributed by atoms with Crippen LogP contribution in [0.25, 0.3) is 11.3 Å². The molecular formula is C30H28FN3O3S. The fourth-order valence-electron chi connectivity index (χ4n) is 4.12. The number of carbonyl (C=O) groups excluding carboxylic acids is 2. The van der Waals surface area contributed by atoms with Crippen molar-refractivity contribution in [2.45, 2.75) is 38.8 Å². The molecule has 2 amide bonds.